The van der Waals surface area contributed by atoms with Gasteiger partial charge in [0.05, 0.1) is 5.60 Å². The molecule has 4 aliphatic carbocycles. The van der Waals surface area contributed by atoms with Crippen molar-refractivity contribution in [2.24, 2.45) is 34.5 Å². The van der Waals surface area contributed by atoms with Crippen LogP contribution in [0.25, 0.3) is 0 Å². The molecule has 1 heteroatoms. The summed E-state index contributed by atoms with van der Waals surface area (Å²) in [6.07, 6.45) is 14.2. The van der Waals surface area contributed by atoms with Gasteiger partial charge in [0.2, 0.25) is 0 Å². The summed E-state index contributed by atoms with van der Waals surface area (Å²) in [5.74, 6) is 3.73. The molecule has 0 aromatic rings. The number of allylic oxidation sites excluding steroid dienone is 1. The van der Waals surface area contributed by atoms with Crippen molar-refractivity contribution in [2.75, 3.05) is 0 Å². The number of rotatable bonds is 1. The first-order valence-corrected chi connectivity index (χ1v) is 10.2. The van der Waals surface area contributed by atoms with E-state index in [-0.39, 0.29) is 0 Å². The van der Waals surface area contributed by atoms with Crippen molar-refractivity contribution in [3.05, 3.63) is 11.6 Å². The highest BCUT2D eigenvalue weighted by atomic mass is 16.3. The molecule has 4 rings (SSSR count). The van der Waals surface area contributed by atoms with Crippen LogP contribution in [0.2, 0.25) is 0 Å². The SMILES string of the molecule is CC[C@H]1CC[C@H]2[C@@H]3CC=C4C[C@@](C)(O)CC[C@]4(C)[C@H]3CC[C@]12C. The van der Waals surface area contributed by atoms with E-state index in [0.29, 0.717) is 10.8 Å². The summed E-state index contributed by atoms with van der Waals surface area (Å²) < 4.78 is 0. The van der Waals surface area contributed by atoms with Gasteiger partial charge < -0.3 is 5.11 Å². The van der Waals surface area contributed by atoms with Crippen molar-refractivity contribution < 1.29 is 5.11 Å². The molecular weight excluding hydrogens is 280 g/mol. The molecule has 0 heterocycles. The second-order valence-electron chi connectivity index (χ2n) is 10.2. The highest BCUT2D eigenvalue weighted by Gasteiger charge is 2.58. The van der Waals surface area contributed by atoms with E-state index < -0.39 is 5.60 Å². The topological polar surface area (TPSA) is 20.2 Å². The van der Waals surface area contributed by atoms with Crippen molar-refractivity contribution >= 4 is 0 Å². The zero-order chi connectivity index (χ0) is 16.5. The molecule has 0 spiro atoms. The summed E-state index contributed by atoms with van der Waals surface area (Å²) in [5, 5.41) is 10.5. The first-order chi connectivity index (χ1) is 10.8. The predicted octanol–water partition coefficient (Wildman–Crippen LogP) is 5.73. The van der Waals surface area contributed by atoms with Gasteiger partial charge in [0.1, 0.15) is 0 Å². The molecule has 130 valence electrons. The van der Waals surface area contributed by atoms with E-state index in [1.165, 1.54) is 44.9 Å². The summed E-state index contributed by atoms with van der Waals surface area (Å²) in [6, 6.07) is 0. The fourth-order valence-electron chi connectivity index (χ4n) is 7.58. The van der Waals surface area contributed by atoms with Gasteiger partial charge in [0.25, 0.3) is 0 Å². The number of hydrogen-bond donors (Lipinski definition) is 1. The molecule has 7 atom stereocenters. The van der Waals surface area contributed by atoms with Crippen LogP contribution in [-0.2, 0) is 0 Å². The molecule has 3 fully saturated rings. The van der Waals surface area contributed by atoms with Crippen molar-refractivity contribution in [1.29, 1.82) is 0 Å². The van der Waals surface area contributed by atoms with E-state index >= 15 is 0 Å². The lowest BCUT2D eigenvalue weighted by molar-refractivity contribution is -0.0655. The summed E-state index contributed by atoms with van der Waals surface area (Å²) in [6.45, 7) is 9.62. The minimum Gasteiger partial charge on any atom is -0.390 e. The average Bonchev–Trinajstić information content (AvgIpc) is 2.84. The van der Waals surface area contributed by atoms with E-state index in [0.717, 1.165) is 36.5 Å². The maximum absolute atomic E-state index is 10.5. The Balaban J connectivity index is 1.65. The third kappa shape index (κ3) is 2.21. The van der Waals surface area contributed by atoms with Gasteiger partial charge in [-0.2, -0.15) is 0 Å². The lowest BCUT2D eigenvalue weighted by Crippen LogP contribution is -2.51. The first kappa shape index (κ1) is 16.2. The summed E-state index contributed by atoms with van der Waals surface area (Å²) in [4.78, 5) is 0. The van der Waals surface area contributed by atoms with Crippen molar-refractivity contribution in [3.8, 4) is 0 Å². The van der Waals surface area contributed by atoms with Gasteiger partial charge in [-0.25, -0.2) is 0 Å². The van der Waals surface area contributed by atoms with Crippen LogP contribution in [0.15, 0.2) is 11.6 Å². The van der Waals surface area contributed by atoms with E-state index in [2.05, 4.69) is 26.8 Å². The van der Waals surface area contributed by atoms with Crippen LogP contribution in [-0.4, -0.2) is 10.7 Å². The molecule has 1 N–H and O–H groups in total. The fraction of sp³-hybridized carbons (Fsp3) is 0.909. The molecule has 0 aliphatic heterocycles. The Labute approximate surface area is 142 Å². The minimum absolute atomic E-state index is 0.386. The Morgan fingerprint density at radius 1 is 1.04 bits per heavy atom. The van der Waals surface area contributed by atoms with Gasteiger partial charge in [-0.3, -0.25) is 0 Å². The van der Waals surface area contributed by atoms with Gasteiger partial charge >= 0.3 is 0 Å². The largest absolute Gasteiger partial charge is 0.390 e. The van der Waals surface area contributed by atoms with Crippen LogP contribution in [0.1, 0.15) is 85.5 Å². The first-order valence-electron chi connectivity index (χ1n) is 10.2. The monoisotopic (exact) mass is 316 g/mol. The van der Waals surface area contributed by atoms with Crippen LogP contribution in [0.4, 0.5) is 0 Å². The predicted molar refractivity (Wildman–Crippen MR) is 96.1 cm³/mol. The number of aliphatic hydroxyl groups is 1. The van der Waals surface area contributed by atoms with Gasteiger partial charge in [-0.05, 0) is 92.8 Å². The Morgan fingerprint density at radius 3 is 2.57 bits per heavy atom. The highest BCUT2D eigenvalue weighted by molar-refractivity contribution is 5.26. The second-order valence-corrected chi connectivity index (χ2v) is 10.2. The molecule has 3 saturated carbocycles. The van der Waals surface area contributed by atoms with Gasteiger partial charge in [-0.1, -0.05) is 38.8 Å². The van der Waals surface area contributed by atoms with Crippen molar-refractivity contribution in [1.82, 2.24) is 0 Å². The Kier molecular flexibility index (Phi) is 3.59. The molecule has 1 nitrogen and oxygen atoms in total. The van der Waals surface area contributed by atoms with Gasteiger partial charge in [0, 0.05) is 0 Å². The molecule has 0 unspecified atom stereocenters. The number of hydrogen-bond acceptors (Lipinski definition) is 1. The summed E-state index contributed by atoms with van der Waals surface area (Å²) >= 11 is 0. The van der Waals surface area contributed by atoms with E-state index in [4.69, 9.17) is 0 Å². The van der Waals surface area contributed by atoms with Crippen LogP contribution < -0.4 is 0 Å². The van der Waals surface area contributed by atoms with Crippen LogP contribution in [0, 0.1) is 34.5 Å². The molecule has 0 bridgehead atoms. The average molecular weight is 317 g/mol. The molecule has 23 heavy (non-hydrogen) atoms. The van der Waals surface area contributed by atoms with Crippen molar-refractivity contribution in [3.63, 3.8) is 0 Å². The van der Waals surface area contributed by atoms with E-state index in [9.17, 15) is 5.11 Å². The number of fused-ring (bicyclic) bond motifs is 5. The van der Waals surface area contributed by atoms with Crippen LogP contribution in [0.3, 0.4) is 0 Å². The third-order valence-corrected chi connectivity index (χ3v) is 9.07. The van der Waals surface area contributed by atoms with Gasteiger partial charge in [-0.15, -0.1) is 0 Å². The molecule has 0 saturated heterocycles. The summed E-state index contributed by atoms with van der Waals surface area (Å²) in [5.41, 5.74) is 2.15. The van der Waals surface area contributed by atoms with E-state index in [1.54, 1.807) is 5.57 Å². The molecule has 0 radical (unpaired) electrons. The third-order valence-electron chi connectivity index (χ3n) is 9.07. The maximum Gasteiger partial charge on any atom is 0.0657 e. The lowest BCUT2D eigenvalue weighted by atomic mass is 9.46. The zero-order valence-corrected chi connectivity index (χ0v) is 15.7. The Hall–Kier alpha value is -0.300. The molecule has 4 aliphatic rings. The highest BCUT2D eigenvalue weighted by Crippen LogP contribution is 2.67. The summed E-state index contributed by atoms with van der Waals surface area (Å²) in [7, 11) is 0. The minimum atomic E-state index is -0.456. The quantitative estimate of drug-likeness (QED) is 0.613. The smallest absolute Gasteiger partial charge is 0.0657 e. The Morgan fingerprint density at radius 2 is 1.83 bits per heavy atom. The maximum atomic E-state index is 10.5. The van der Waals surface area contributed by atoms with Crippen molar-refractivity contribution in [2.45, 2.75) is 91.1 Å². The van der Waals surface area contributed by atoms with Crippen LogP contribution in [0.5, 0.6) is 0 Å². The molecular formula is C22H36O. The fourth-order valence-corrected chi connectivity index (χ4v) is 7.58. The normalized spacial score (nSPS) is 55.6. The molecule has 0 aromatic heterocycles. The van der Waals surface area contributed by atoms with Crippen LogP contribution >= 0.6 is 0 Å². The standard InChI is InChI=1S/C22H36O/c1-5-15-7-9-18-17-8-6-16-14-20(2,23)12-13-22(16,4)19(17)10-11-21(15,18)3/h6,15,17-19,23H,5,7-14H2,1-4H3/t15-,17-,18-,19-,20-,21+,22-/m0/s1. The van der Waals surface area contributed by atoms with Gasteiger partial charge in [0.15, 0.2) is 0 Å². The Bertz CT molecular complexity index is 518. The molecule has 0 aromatic carbocycles. The molecule has 0 amide bonds. The second kappa shape index (κ2) is 5.10. The van der Waals surface area contributed by atoms with E-state index in [1.807, 2.05) is 6.92 Å². The zero-order valence-electron chi connectivity index (χ0n) is 15.7. The lowest BCUT2D eigenvalue weighted by Gasteiger charge is -2.59.